The molecule has 25 heavy (non-hydrogen) atoms. The largest absolute Gasteiger partial charge is 0.469 e. The van der Waals surface area contributed by atoms with E-state index >= 15 is 0 Å². The molecular formula is C21H37NO3. The lowest BCUT2D eigenvalue weighted by molar-refractivity contribution is -0.144. The van der Waals surface area contributed by atoms with E-state index in [2.05, 4.69) is 4.90 Å². The summed E-state index contributed by atoms with van der Waals surface area (Å²) in [5.74, 6) is 2.00. The molecule has 3 fully saturated rings. The second-order valence-corrected chi connectivity index (χ2v) is 8.56. The van der Waals surface area contributed by atoms with Crippen LogP contribution in [0.2, 0.25) is 0 Å². The molecule has 0 radical (unpaired) electrons. The maximum Gasteiger partial charge on any atom is 0.310 e. The first-order chi connectivity index (χ1) is 12.2. The van der Waals surface area contributed by atoms with Gasteiger partial charge in [-0.25, -0.2) is 0 Å². The number of carbonyl (C=O) groups excluding carboxylic acids is 1. The van der Waals surface area contributed by atoms with Crippen molar-refractivity contribution in [2.45, 2.75) is 76.7 Å². The van der Waals surface area contributed by atoms with Crippen LogP contribution in [0.1, 0.15) is 70.6 Å². The molecule has 1 unspecified atom stereocenters. The third-order valence-electron chi connectivity index (χ3n) is 6.75. The monoisotopic (exact) mass is 351 g/mol. The Balaban J connectivity index is 1.25. The van der Waals surface area contributed by atoms with Crippen molar-refractivity contribution in [3.63, 3.8) is 0 Å². The fourth-order valence-corrected chi connectivity index (χ4v) is 5.17. The summed E-state index contributed by atoms with van der Waals surface area (Å²) in [5, 5.41) is 0. The van der Waals surface area contributed by atoms with Crippen LogP contribution in [0.4, 0.5) is 0 Å². The topological polar surface area (TPSA) is 38.8 Å². The minimum Gasteiger partial charge on any atom is -0.469 e. The van der Waals surface area contributed by atoms with Crippen molar-refractivity contribution < 1.29 is 14.3 Å². The lowest BCUT2D eigenvalue weighted by Gasteiger charge is -2.32. The minimum absolute atomic E-state index is 0.0558. The first kappa shape index (κ1) is 19.2. The summed E-state index contributed by atoms with van der Waals surface area (Å²) in [6.07, 6.45) is 15.5. The van der Waals surface area contributed by atoms with Gasteiger partial charge in [-0.15, -0.1) is 0 Å². The highest BCUT2D eigenvalue weighted by Crippen LogP contribution is 2.35. The Hall–Kier alpha value is -0.610. The van der Waals surface area contributed by atoms with E-state index in [4.69, 9.17) is 9.47 Å². The summed E-state index contributed by atoms with van der Waals surface area (Å²) in [5.41, 5.74) is 0. The van der Waals surface area contributed by atoms with Gasteiger partial charge in [0.25, 0.3) is 0 Å². The predicted octanol–water partition coefficient (Wildman–Crippen LogP) is 4.03. The molecule has 1 aliphatic heterocycles. The highest BCUT2D eigenvalue weighted by Gasteiger charge is 2.29. The molecule has 0 aromatic rings. The van der Waals surface area contributed by atoms with E-state index in [1.54, 1.807) is 0 Å². The third kappa shape index (κ3) is 5.96. The minimum atomic E-state index is -0.0558. The molecule has 1 saturated heterocycles. The average Bonchev–Trinajstić information content (AvgIpc) is 3.12. The highest BCUT2D eigenvalue weighted by molar-refractivity contribution is 5.72. The van der Waals surface area contributed by atoms with Crippen molar-refractivity contribution in [2.24, 2.45) is 17.8 Å². The molecule has 4 nitrogen and oxygen atoms in total. The zero-order valence-electron chi connectivity index (χ0n) is 16.1. The second kappa shape index (κ2) is 9.91. The van der Waals surface area contributed by atoms with Gasteiger partial charge in [-0.1, -0.05) is 32.1 Å². The number of likely N-dealkylation sites (tertiary alicyclic amines) is 1. The molecule has 1 atom stereocenters. The standard InChI is InChI=1S/C21H37NO3/c1-24-21(23)19-11-12-22(16-19)13-14-25-20-9-7-18(8-10-20)15-17-5-3-2-4-6-17/h17-20H,2-16H2,1H3. The normalized spacial score (nSPS) is 32.0. The first-order valence-electron chi connectivity index (χ1n) is 10.7. The van der Waals surface area contributed by atoms with Crippen LogP contribution in [0.25, 0.3) is 0 Å². The van der Waals surface area contributed by atoms with Gasteiger partial charge in [-0.2, -0.15) is 0 Å². The van der Waals surface area contributed by atoms with E-state index < -0.39 is 0 Å². The number of ether oxygens (including phenoxy) is 2. The third-order valence-corrected chi connectivity index (χ3v) is 6.75. The molecule has 3 rings (SSSR count). The number of methoxy groups -OCH3 is 1. The van der Waals surface area contributed by atoms with E-state index in [-0.39, 0.29) is 11.9 Å². The number of hydrogen-bond donors (Lipinski definition) is 0. The van der Waals surface area contributed by atoms with Crippen LogP contribution in [0.3, 0.4) is 0 Å². The summed E-state index contributed by atoms with van der Waals surface area (Å²) < 4.78 is 11.0. The van der Waals surface area contributed by atoms with Crippen molar-refractivity contribution in [3.05, 3.63) is 0 Å². The molecule has 2 aliphatic carbocycles. The molecule has 0 aromatic heterocycles. The summed E-state index contributed by atoms with van der Waals surface area (Å²) in [4.78, 5) is 13.9. The Labute approximate surface area is 153 Å². The van der Waals surface area contributed by atoms with Gasteiger partial charge in [0.1, 0.15) is 0 Å². The number of carbonyl (C=O) groups is 1. The van der Waals surface area contributed by atoms with Gasteiger partial charge in [-0.3, -0.25) is 4.79 Å². The van der Waals surface area contributed by atoms with E-state index in [9.17, 15) is 4.79 Å². The fourth-order valence-electron chi connectivity index (χ4n) is 5.17. The Morgan fingerprint density at radius 3 is 2.40 bits per heavy atom. The highest BCUT2D eigenvalue weighted by atomic mass is 16.5. The Morgan fingerprint density at radius 2 is 1.68 bits per heavy atom. The lowest BCUT2D eigenvalue weighted by Crippen LogP contribution is -2.30. The van der Waals surface area contributed by atoms with Gasteiger partial charge in [0, 0.05) is 13.1 Å². The van der Waals surface area contributed by atoms with Crippen LogP contribution in [0.15, 0.2) is 0 Å². The van der Waals surface area contributed by atoms with Crippen molar-refractivity contribution in [3.8, 4) is 0 Å². The molecule has 2 saturated carbocycles. The summed E-state index contributed by atoms with van der Waals surface area (Å²) in [6.45, 7) is 3.60. The Kier molecular flexibility index (Phi) is 7.60. The Bertz CT molecular complexity index is 400. The number of rotatable bonds is 7. The molecule has 0 amide bonds. The van der Waals surface area contributed by atoms with Gasteiger partial charge >= 0.3 is 5.97 Å². The summed E-state index contributed by atoms with van der Waals surface area (Å²) >= 11 is 0. The van der Waals surface area contributed by atoms with Crippen molar-refractivity contribution >= 4 is 5.97 Å². The van der Waals surface area contributed by atoms with Gasteiger partial charge < -0.3 is 14.4 Å². The van der Waals surface area contributed by atoms with E-state index in [1.165, 1.54) is 71.3 Å². The molecule has 1 heterocycles. The summed E-state index contributed by atoms with van der Waals surface area (Å²) in [6, 6.07) is 0. The fraction of sp³-hybridized carbons (Fsp3) is 0.952. The summed E-state index contributed by atoms with van der Waals surface area (Å²) in [7, 11) is 1.48. The first-order valence-corrected chi connectivity index (χ1v) is 10.7. The maximum absolute atomic E-state index is 11.6. The van der Waals surface area contributed by atoms with Crippen molar-refractivity contribution in [2.75, 3.05) is 33.4 Å². The van der Waals surface area contributed by atoms with Crippen molar-refractivity contribution in [1.29, 1.82) is 0 Å². The van der Waals surface area contributed by atoms with E-state index in [0.717, 1.165) is 44.5 Å². The predicted molar refractivity (Wildman–Crippen MR) is 99.5 cm³/mol. The van der Waals surface area contributed by atoms with E-state index in [0.29, 0.717) is 6.10 Å². The van der Waals surface area contributed by atoms with Crippen LogP contribution in [0.5, 0.6) is 0 Å². The van der Waals surface area contributed by atoms with Crippen LogP contribution < -0.4 is 0 Å². The molecule has 4 heteroatoms. The maximum atomic E-state index is 11.6. The lowest BCUT2D eigenvalue weighted by atomic mass is 9.77. The molecule has 0 aromatic carbocycles. The van der Waals surface area contributed by atoms with Crippen LogP contribution in [-0.2, 0) is 14.3 Å². The molecule has 0 N–H and O–H groups in total. The smallest absolute Gasteiger partial charge is 0.310 e. The number of nitrogens with zero attached hydrogens (tertiary/aromatic N) is 1. The second-order valence-electron chi connectivity index (χ2n) is 8.56. The van der Waals surface area contributed by atoms with Gasteiger partial charge in [0.15, 0.2) is 0 Å². The number of esters is 1. The van der Waals surface area contributed by atoms with Crippen molar-refractivity contribution in [1.82, 2.24) is 4.90 Å². The zero-order valence-corrected chi connectivity index (χ0v) is 16.1. The Morgan fingerprint density at radius 1 is 0.960 bits per heavy atom. The molecule has 0 spiro atoms. The van der Waals surface area contributed by atoms with Gasteiger partial charge in [0.2, 0.25) is 0 Å². The number of hydrogen-bond acceptors (Lipinski definition) is 4. The van der Waals surface area contributed by atoms with E-state index in [1.807, 2.05) is 0 Å². The van der Waals surface area contributed by atoms with Crippen LogP contribution >= 0.6 is 0 Å². The van der Waals surface area contributed by atoms with Gasteiger partial charge in [0.05, 0.1) is 25.7 Å². The van der Waals surface area contributed by atoms with Gasteiger partial charge in [-0.05, 0) is 56.9 Å². The quantitative estimate of drug-likeness (QED) is 0.649. The molecule has 0 bridgehead atoms. The van der Waals surface area contributed by atoms with Crippen LogP contribution in [-0.4, -0.2) is 50.3 Å². The molecule has 144 valence electrons. The van der Waals surface area contributed by atoms with Crippen LogP contribution in [0, 0.1) is 17.8 Å². The SMILES string of the molecule is COC(=O)C1CCN(CCOC2CCC(CC3CCCCC3)CC2)C1. The molecular weight excluding hydrogens is 314 g/mol. The zero-order chi connectivity index (χ0) is 17.5. The molecule has 3 aliphatic rings. The average molecular weight is 352 g/mol.